The van der Waals surface area contributed by atoms with E-state index < -0.39 is 11.6 Å². The highest BCUT2D eigenvalue weighted by Gasteiger charge is 2.19. The molecule has 0 fully saturated rings. The number of nitrogens with one attached hydrogen (secondary N) is 1. The minimum atomic E-state index is -0.890. The van der Waals surface area contributed by atoms with Crippen LogP contribution >= 0.6 is 0 Å². The summed E-state index contributed by atoms with van der Waals surface area (Å²) in [6.45, 7) is 8.00. The number of halogens is 2. The first-order valence-electron chi connectivity index (χ1n) is 8.99. The summed E-state index contributed by atoms with van der Waals surface area (Å²) in [6.07, 6.45) is 1.48. The molecular weight excluding hydrogens is 358 g/mol. The summed E-state index contributed by atoms with van der Waals surface area (Å²) in [7, 11) is 0. The molecule has 0 saturated heterocycles. The van der Waals surface area contributed by atoms with Crippen LogP contribution in [0, 0.1) is 39.3 Å². The van der Waals surface area contributed by atoms with Gasteiger partial charge in [0, 0.05) is 17.4 Å². The van der Waals surface area contributed by atoms with E-state index in [-0.39, 0.29) is 0 Å². The maximum atomic E-state index is 13.8. The van der Waals surface area contributed by atoms with Gasteiger partial charge in [-0.3, -0.25) is 4.57 Å². The van der Waals surface area contributed by atoms with Gasteiger partial charge >= 0.3 is 0 Å². The quantitative estimate of drug-likeness (QED) is 0.499. The second-order valence-corrected chi connectivity index (χ2v) is 7.01. The molecule has 0 aliphatic carbocycles. The minimum absolute atomic E-state index is 0.519. The second-order valence-electron chi connectivity index (χ2n) is 7.01. The number of benzene rings is 2. The van der Waals surface area contributed by atoms with Crippen molar-refractivity contribution in [3.8, 4) is 5.69 Å². The summed E-state index contributed by atoms with van der Waals surface area (Å²) in [5, 5.41) is 4.25. The average molecular weight is 378 g/mol. The van der Waals surface area contributed by atoms with Gasteiger partial charge in [0.25, 0.3) is 0 Å². The van der Waals surface area contributed by atoms with Gasteiger partial charge in [-0.2, -0.15) is 0 Å². The standard InChI is InChI=1S/C22H20F2N4/c1-12-5-8-19(13(2)9-12)27-21-20-14(3)15(4)28(22(20)26-11-25-21)16-6-7-17(23)18(24)10-16/h5-11H,1-4H3,(H,25,26,27). The Morgan fingerprint density at radius 1 is 0.893 bits per heavy atom. The molecule has 28 heavy (non-hydrogen) atoms. The molecule has 4 rings (SSSR count). The van der Waals surface area contributed by atoms with Crippen LogP contribution in [0.2, 0.25) is 0 Å². The summed E-state index contributed by atoms with van der Waals surface area (Å²) in [4.78, 5) is 8.86. The van der Waals surface area contributed by atoms with Crippen molar-refractivity contribution in [2.75, 3.05) is 5.32 Å². The summed E-state index contributed by atoms with van der Waals surface area (Å²) in [6, 6.07) is 10.0. The van der Waals surface area contributed by atoms with Gasteiger partial charge in [0.1, 0.15) is 12.1 Å². The third-order valence-electron chi connectivity index (χ3n) is 5.09. The summed E-state index contributed by atoms with van der Waals surface area (Å²) in [5.41, 5.74) is 6.29. The Morgan fingerprint density at radius 3 is 2.39 bits per heavy atom. The Kier molecular flexibility index (Phi) is 4.34. The van der Waals surface area contributed by atoms with Gasteiger partial charge in [-0.1, -0.05) is 17.7 Å². The lowest BCUT2D eigenvalue weighted by Gasteiger charge is -2.11. The maximum Gasteiger partial charge on any atom is 0.160 e. The first-order valence-corrected chi connectivity index (χ1v) is 8.99. The van der Waals surface area contributed by atoms with Crippen molar-refractivity contribution in [3.05, 3.63) is 76.7 Å². The SMILES string of the molecule is Cc1ccc(Nc2ncnc3c2c(C)c(C)n3-c2ccc(F)c(F)c2)c(C)c1. The predicted octanol–water partition coefficient (Wildman–Crippen LogP) is 5.68. The predicted molar refractivity (Wildman–Crippen MR) is 107 cm³/mol. The first-order chi connectivity index (χ1) is 13.4. The summed E-state index contributed by atoms with van der Waals surface area (Å²) < 4.78 is 29.0. The van der Waals surface area contributed by atoms with Crippen LogP contribution in [0.4, 0.5) is 20.3 Å². The molecule has 4 nitrogen and oxygen atoms in total. The smallest absolute Gasteiger partial charge is 0.160 e. The third kappa shape index (κ3) is 2.91. The molecule has 2 aromatic carbocycles. The molecule has 0 aliphatic rings. The van der Waals surface area contributed by atoms with E-state index in [1.807, 2.05) is 37.5 Å². The molecule has 2 aromatic heterocycles. The van der Waals surface area contributed by atoms with Crippen LogP contribution < -0.4 is 5.32 Å². The van der Waals surface area contributed by atoms with Crippen molar-refractivity contribution in [2.45, 2.75) is 27.7 Å². The molecule has 142 valence electrons. The van der Waals surface area contributed by atoms with Crippen LogP contribution in [-0.2, 0) is 0 Å². The molecule has 0 amide bonds. The number of fused-ring (bicyclic) bond motifs is 1. The van der Waals surface area contributed by atoms with Gasteiger partial charge < -0.3 is 5.32 Å². The molecule has 2 heterocycles. The fourth-order valence-corrected chi connectivity index (χ4v) is 3.51. The number of hydrogen-bond acceptors (Lipinski definition) is 3. The highest BCUT2D eigenvalue weighted by Crippen LogP contribution is 2.33. The fourth-order valence-electron chi connectivity index (χ4n) is 3.51. The average Bonchev–Trinajstić information content (AvgIpc) is 2.92. The normalized spacial score (nSPS) is 11.2. The van der Waals surface area contributed by atoms with Gasteiger partial charge in [-0.25, -0.2) is 18.7 Å². The van der Waals surface area contributed by atoms with Crippen molar-refractivity contribution in [3.63, 3.8) is 0 Å². The van der Waals surface area contributed by atoms with Crippen LogP contribution in [-0.4, -0.2) is 14.5 Å². The van der Waals surface area contributed by atoms with Gasteiger partial charge in [-0.05, 0) is 57.0 Å². The molecular formula is C22H20F2N4. The molecule has 0 bridgehead atoms. The highest BCUT2D eigenvalue weighted by molar-refractivity contribution is 5.94. The van der Waals surface area contributed by atoms with Crippen LogP contribution in [0.25, 0.3) is 16.7 Å². The Bertz CT molecular complexity index is 1210. The summed E-state index contributed by atoms with van der Waals surface area (Å²) in [5.74, 6) is -1.08. The molecule has 4 aromatic rings. The van der Waals surface area contributed by atoms with E-state index in [1.165, 1.54) is 18.0 Å². The fraction of sp³-hybridized carbons (Fsp3) is 0.182. The van der Waals surface area contributed by atoms with E-state index >= 15 is 0 Å². The lowest BCUT2D eigenvalue weighted by Crippen LogP contribution is -2.01. The zero-order chi connectivity index (χ0) is 20.0. The Labute approximate surface area is 161 Å². The zero-order valence-corrected chi connectivity index (χ0v) is 16.1. The van der Waals surface area contributed by atoms with Gasteiger partial charge in [0.2, 0.25) is 0 Å². The van der Waals surface area contributed by atoms with E-state index in [9.17, 15) is 8.78 Å². The van der Waals surface area contributed by atoms with Crippen LogP contribution in [0.1, 0.15) is 22.4 Å². The first kappa shape index (κ1) is 18.1. The molecule has 0 atom stereocenters. The monoisotopic (exact) mass is 378 g/mol. The molecule has 0 radical (unpaired) electrons. The van der Waals surface area contributed by atoms with E-state index in [2.05, 4.69) is 28.3 Å². The van der Waals surface area contributed by atoms with Crippen molar-refractivity contribution in [2.24, 2.45) is 0 Å². The summed E-state index contributed by atoms with van der Waals surface area (Å²) >= 11 is 0. The van der Waals surface area contributed by atoms with Crippen molar-refractivity contribution < 1.29 is 8.78 Å². The number of aromatic nitrogens is 3. The van der Waals surface area contributed by atoms with E-state index in [4.69, 9.17) is 0 Å². The molecule has 6 heteroatoms. The number of aryl methyl sites for hydroxylation is 3. The van der Waals surface area contributed by atoms with Gasteiger partial charge in [0.05, 0.1) is 11.1 Å². The molecule has 0 aliphatic heterocycles. The number of nitrogens with zero attached hydrogens (tertiary/aromatic N) is 3. The van der Waals surface area contributed by atoms with E-state index in [0.717, 1.165) is 34.0 Å². The molecule has 1 N–H and O–H groups in total. The number of anilines is 2. The van der Waals surface area contributed by atoms with Gasteiger partial charge in [-0.15, -0.1) is 0 Å². The lowest BCUT2D eigenvalue weighted by molar-refractivity contribution is 0.508. The molecule has 0 spiro atoms. The Hall–Kier alpha value is -3.28. The van der Waals surface area contributed by atoms with Crippen LogP contribution in [0.15, 0.2) is 42.7 Å². The molecule has 0 unspecified atom stereocenters. The lowest BCUT2D eigenvalue weighted by atomic mass is 10.1. The van der Waals surface area contributed by atoms with Crippen molar-refractivity contribution in [1.82, 2.24) is 14.5 Å². The maximum absolute atomic E-state index is 13.8. The number of hydrogen-bond donors (Lipinski definition) is 1. The number of rotatable bonds is 3. The Morgan fingerprint density at radius 2 is 1.68 bits per heavy atom. The topological polar surface area (TPSA) is 42.7 Å². The van der Waals surface area contributed by atoms with E-state index in [0.29, 0.717) is 17.2 Å². The van der Waals surface area contributed by atoms with Crippen molar-refractivity contribution in [1.29, 1.82) is 0 Å². The molecule has 0 saturated carbocycles. The van der Waals surface area contributed by atoms with Crippen LogP contribution in [0.3, 0.4) is 0 Å². The Balaban J connectivity index is 1.90. The van der Waals surface area contributed by atoms with Crippen LogP contribution in [0.5, 0.6) is 0 Å². The van der Waals surface area contributed by atoms with Gasteiger partial charge in [0.15, 0.2) is 17.3 Å². The third-order valence-corrected chi connectivity index (χ3v) is 5.09. The zero-order valence-electron chi connectivity index (χ0n) is 16.1. The van der Waals surface area contributed by atoms with E-state index in [1.54, 1.807) is 6.07 Å². The minimum Gasteiger partial charge on any atom is -0.339 e. The second kappa shape index (κ2) is 6.71. The van der Waals surface area contributed by atoms with Crippen molar-refractivity contribution >= 4 is 22.5 Å². The highest BCUT2D eigenvalue weighted by atomic mass is 19.2. The largest absolute Gasteiger partial charge is 0.339 e.